The van der Waals surface area contributed by atoms with Crippen LogP contribution in [-0.2, 0) is 0 Å². The van der Waals surface area contributed by atoms with E-state index in [1.165, 1.54) is 0 Å². The fourth-order valence-corrected chi connectivity index (χ4v) is 2.74. The first-order chi connectivity index (χ1) is 14.1. The van der Waals surface area contributed by atoms with E-state index in [1.54, 1.807) is 12.1 Å². The summed E-state index contributed by atoms with van der Waals surface area (Å²) >= 11 is 0. The smallest absolute Gasteiger partial charge is 0.131 e. The normalized spacial score (nSPS) is 10.3. The van der Waals surface area contributed by atoms with E-state index in [9.17, 15) is 0 Å². The number of nitrogens with two attached hydrogens (primary N) is 2. The largest absolute Gasteiger partial charge is 0.457 e. The number of hydrogen-bond donors (Lipinski definition) is 2. The monoisotopic (exact) mass is 384 g/mol. The number of ether oxygens (including phenoxy) is 3. The Morgan fingerprint density at radius 2 is 0.724 bits per heavy atom. The van der Waals surface area contributed by atoms with E-state index in [-0.39, 0.29) is 0 Å². The molecular formula is C24H20N2O3. The summed E-state index contributed by atoms with van der Waals surface area (Å²) in [5, 5.41) is 0. The number of anilines is 2. The molecule has 4 N–H and O–H groups in total. The predicted octanol–water partition coefficient (Wildman–Crippen LogP) is 6.23. The van der Waals surface area contributed by atoms with Crippen LogP contribution in [0.25, 0.3) is 0 Å². The zero-order chi connectivity index (χ0) is 20.1. The topological polar surface area (TPSA) is 79.7 Å². The molecule has 0 aliphatic rings. The van der Waals surface area contributed by atoms with Gasteiger partial charge in [-0.25, -0.2) is 0 Å². The number of benzene rings is 4. The fraction of sp³-hybridized carbons (Fsp3) is 0. The Hall–Kier alpha value is -4.12. The number of hydrogen-bond acceptors (Lipinski definition) is 5. The second-order valence-corrected chi connectivity index (χ2v) is 6.40. The minimum Gasteiger partial charge on any atom is -0.457 e. The lowest BCUT2D eigenvalue weighted by Crippen LogP contribution is -1.90. The highest BCUT2D eigenvalue weighted by Crippen LogP contribution is 2.30. The summed E-state index contributed by atoms with van der Waals surface area (Å²) < 4.78 is 17.6. The zero-order valence-corrected chi connectivity index (χ0v) is 15.6. The molecule has 0 fully saturated rings. The molecule has 0 aliphatic heterocycles. The maximum Gasteiger partial charge on any atom is 0.131 e. The van der Waals surface area contributed by atoms with Gasteiger partial charge in [-0.3, -0.25) is 0 Å². The highest BCUT2D eigenvalue weighted by atomic mass is 16.5. The summed E-state index contributed by atoms with van der Waals surface area (Å²) in [4.78, 5) is 0. The lowest BCUT2D eigenvalue weighted by atomic mass is 10.3. The summed E-state index contributed by atoms with van der Waals surface area (Å²) in [6.45, 7) is 0. The van der Waals surface area contributed by atoms with E-state index in [2.05, 4.69) is 0 Å². The molecule has 29 heavy (non-hydrogen) atoms. The van der Waals surface area contributed by atoms with Crippen LogP contribution in [0.5, 0.6) is 34.5 Å². The molecular weight excluding hydrogens is 364 g/mol. The number of nitrogen functional groups attached to an aromatic ring is 2. The molecule has 4 aromatic rings. The maximum absolute atomic E-state index is 5.92. The molecule has 0 bridgehead atoms. The van der Waals surface area contributed by atoms with E-state index in [1.807, 2.05) is 84.9 Å². The molecule has 0 aromatic heterocycles. The van der Waals surface area contributed by atoms with Crippen LogP contribution in [0.4, 0.5) is 11.4 Å². The molecule has 0 atom stereocenters. The minimum atomic E-state index is 0.649. The van der Waals surface area contributed by atoms with Gasteiger partial charge in [0.25, 0.3) is 0 Å². The van der Waals surface area contributed by atoms with Gasteiger partial charge in [-0.05, 0) is 60.7 Å². The first-order valence-electron chi connectivity index (χ1n) is 9.09. The van der Waals surface area contributed by atoms with Crippen LogP contribution in [0.15, 0.2) is 97.1 Å². The average Bonchev–Trinajstić information content (AvgIpc) is 2.70. The van der Waals surface area contributed by atoms with Gasteiger partial charge in [0.1, 0.15) is 34.5 Å². The lowest BCUT2D eigenvalue weighted by molar-refractivity contribution is 0.457. The second kappa shape index (κ2) is 8.27. The van der Waals surface area contributed by atoms with Crippen molar-refractivity contribution >= 4 is 11.4 Å². The summed E-state index contributed by atoms with van der Waals surface area (Å²) in [6.07, 6.45) is 0. The van der Waals surface area contributed by atoms with Crippen molar-refractivity contribution in [3.8, 4) is 34.5 Å². The molecule has 0 spiro atoms. The highest BCUT2D eigenvalue weighted by Gasteiger charge is 2.04. The summed E-state index contributed by atoms with van der Waals surface area (Å²) in [5.74, 6) is 4.06. The van der Waals surface area contributed by atoms with Gasteiger partial charge in [0.05, 0.1) is 0 Å². The molecule has 0 aliphatic carbocycles. The fourth-order valence-electron chi connectivity index (χ4n) is 2.74. The van der Waals surface area contributed by atoms with Gasteiger partial charge in [-0.2, -0.15) is 0 Å². The van der Waals surface area contributed by atoms with E-state index in [4.69, 9.17) is 25.7 Å². The zero-order valence-electron chi connectivity index (χ0n) is 15.6. The Kier molecular flexibility index (Phi) is 5.21. The third-order valence-corrected chi connectivity index (χ3v) is 4.05. The predicted molar refractivity (Wildman–Crippen MR) is 115 cm³/mol. The van der Waals surface area contributed by atoms with Gasteiger partial charge >= 0.3 is 0 Å². The Bertz CT molecular complexity index is 1110. The average molecular weight is 384 g/mol. The maximum atomic E-state index is 5.92. The molecule has 0 unspecified atom stereocenters. The van der Waals surface area contributed by atoms with Gasteiger partial charge in [0, 0.05) is 29.6 Å². The Labute approximate surface area is 169 Å². The third-order valence-electron chi connectivity index (χ3n) is 4.05. The molecule has 0 saturated carbocycles. The van der Waals surface area contributed by atoms with Crippen molar-refractivity contribution in [2.45, 2.75) is 0 Å². The van der Waals surface area contributed by atoms with Gasteiger partial charge in [0.15, 0.2) is 0 Å². The Morgan fingerprint density at radius 3 is 1.14 bits per heavy atom. The molecule has 5 heteroatoms. The van der Waals surface area contributed by atoms with Crippen molar-refractivity contribution in [2.24, 2.45) is 0 Å². The van der Waals surface area contributed by atoms with Crippen LogP contribution < -0.4 is 25.7 Å². The van der Waals surface area contributed by atoms with Crippen LogP contribution in [0.3, 0.4) is 0 Å². The summed E-state index contributed by atoms with van der Waals surface area (Å²) in [5.41, 5.74) is 12.9. The number of rotatable bonds is 6. The standard InChI is InChI=1S/C24H20N2O3/c25-17-4-1-6-21(14-17)27-19-10-12-20(13-11-19)28-23-8-3-9-24(16-23)29-22-7-2-5-18(26)15-22/h1-16H,25-26H2. The highest BCUT2D eigenvalue weighted by molar-refractivity contribution is 5.47. The first kappa shape index (κ1) is 18.3. The second-order valence-electron chi connectivity index (χ2n) is 6.40. The molecule has 4 aromatic carbocycles. The molecule has 0 amide bonds. The van der Waals surface area contributed by atoms with Gasteiger partial charge in [-0.15, -0.1) is 0 Å². The lowest BCUT2D eigenvalue weighted by Gasteiger charge is -2.10. The van der Waals surface area contributed by atoms with Crippen LogP contribution in [0, 0.1) is 0 Å². The van der Waals surface area contributed by atoms with Gasteiger partial charge < -0.3 is 25.7 Å². The van der Waals surface area contributed by atoms with Crippen LogP contribution >= 0.6 is 0 Å². The van der Waals surface area contributed by atoms with E-state index in [0.29, 0.717) is 45.9 Å². The quantitative estimate of drug-likeness (QED) is 0.385. The van der Waals surface area contributed by atoms with Crippen molar-refractivity contribution in [3.63, 3.8) is 0 Å². The van der Waals surface area contributed by atoms with Crippen molar-refractivity contribution in [3.05, 3.63) is 97.1 Å². The Balaban J connectivity index is 1.42. The van der Waals surface area contributed by atoms with Crippen LogP contribution in [-0.4, -0.2) is 0 Å². The molecule has 0 radical (unpaired) electrons. The van der Waals surface area contributed by atoms with Crippen molar-refractivity contribution < 1.29 is 14.2 Å². The van der Waals surface area contributed by atoms with Gasteiger partial charge in [0.2, 0.25) is 0 Å². The summed E-state index contributed by atoms with van der Waals surface area (Å²) in [7, 11) is 0. The van der Waals surface area contributed by atoms with Crippen LogP contribution in [0.1, 0.15) is 0 Å². The van der Waals surface area contributed by atoms with E-state index in [0.717, 1.165) is 0 Å². The molecule has 4 rings (SSSR count). The van der Waals surface area contributed by atoms with Crippen molar-refractivity contribution in [1.82, 2.24) is 0 Å². The van der Waals surface area contributed by atoms with Gasteiger partial charge in [-0.1, -0.05) is 18.2 Å². The molecule has 0 heterocycles. The van der Waals surface area contributed by atoms with Crippen LogP contribution in [0.2, 0.25) is 0 Å². The molecule has 0 saturated heterocycles. The Morgan fingerprint density at radius 1 is 0.379 bits per heavy atom. The SMILES string of the molecule is Nc1cccc(Oc2ccc(Oc3cccc(Oc4cccc(N)c4)c3)cc2)c1. The molecule has 144 valence electrons. The van der Waals surface area contributed by atoms with Crippen molar-refractivity contribution in [1.29, 1.82) is 0 Å². The summed E-state index contributed by atoms with van der Waals surface area (Å²) in [6, 6.07) is 29.3. The first-order valence-corrected chi connectivity index (χ1v) is 9.09. The minimum absolute atomic E-state index is 0.649. The van der Waals surface area contributed by atoms with E-state index >= 15 is 0 Å². The van der Waals surface area contributed by atoms with E-state index < -0.39 is 0 Å². The van der Waals surface area contributed by atoms with Crippen molar-refractivity contribution in [2.75, 3.05) is 11.5 Å². The molecule has 5 nitrogen and oxygen atoms in total. The third kappa shape index (κ3) is 4.99.